The summed E-state index contributed by atoms with van der Waals surface area (Å²) in [5.41, 5.74) is 3.02. The smallest absolute Gasteiger partial charge is 0.274 e. The summed E-state index contributed by atoms with van der Waals surface area (Å²) in [5.74, 6) is 0.822. The minimum absolute atomic E-state index is 0.277. The quantitative estimate of drug-likeness (QED) is 0.461. The van der Waals surface area contributed by atoms with Gasteiger partial charge < -0.3 is 9.84 Å². The van der Waals surface area contributed by atoms with Gasteiger partial charge in [-0.3, -0.25) is 4.79 Å². The first-order valence-corrected chi connectivity index (χ1v) is 10.7. The van der Waals surface area contributed by atoms with E-state index in [9.17, 15) is 4.79 Å². The van der Waals surface area contributed by atoms with E-state index in [4.69, 9.17) is 9.62 Å². The number of fused-ring (bicyclic) bond motifs is 1. The third-order valence-electron chi connectivity index (χ3n) is 5.13. The van der Waals surface area contributed by atoms with E-state index in [0.29, 0.717) is 24.5 Å². The molecule has 0 radical (unpaired) electrons. The summed E-state index contributed by atoms with van der Waals surface area (Å²) < 4.78 is 7.15. The van der Waals surface area contributed by atoms with Crippen molar-refractivity contribution in [3.63, 3.8) is 0 Å². The van der Waals surface area contributed by atoms with Crippen molar-refractivity contribution < 1.29 is 9.32 Å². The van der Waals surface area contributed by atoms with Crippen molar-refractivity contribution in [3.05, 3.63) is 77.4 Å². The molecular formula is C24H27N5O2. The molecule has 0 spiro atoms. The molecule has 1 amide bonds. The molecule has 1 aromatic carbocycles. The highest BCUT2D eigenvalue weighted by Crippen LogP contribution is 2.26. The van der Waals surface area contributed by atoms with Crippen molar-refractivity contribution in [2.45, 2.75) is 46.2 Å². The van der Waals surface area contributed by atoms with E-state index in [2.05, 4.69) is 41.4 Å². The van der Waals surface area contributed by atoms with Crippen LogP contribution < -0.4 is 5.32 Å². The number of nitrogens with zero attached hydrogens (tertiary/aromatic N) is 4. The average Bonchev–Trinajstić information content (AvgIpc) is 3.39. The van der Waals surface area contributed by atoms with Crippen molar-refractivity contribution in [3.8, 4) is 0 Å². The highest BCUT2D eigenvalue weighted by atomic mass is 16.5. The molecule has 4 aromatic rings. The van der Waals surface area contributed by atoms with Crippen LogP contribution in [-0.2, 0) is 19.4 Å². The van der Waals surface area contributed by atoms with Gasteiger partial charge in [-0.1, -0.05) is 56.3 Å². The summed E-state index contributed by atoms with van der Waals surface area (Å²) in [6.07, 6.45) is 3.06. The van der Waals surface area contributed by atoms with Gasteiger partial charge in [0.15, 0.2) is 11.3 Å². The Hall–Kier alpha value is -3.48. The molecular weight excluding hydrogens is 390 g/mol. The molecule has 0 aliphatic carbocycles. The summed E-state index contributed by atoms with van der Waals surface area (Å²) in [7, 11) is 0. The standard InChI is InChI=1S/C24H27N5O2/c1-4-18-14-21(28-31-18)24(30)26-20(13-17-9-6-5-7-10-17)22-19-11-8-12-25-23(19)29(27-22)15-16(2)3/h5-12,14,16,20H,4,13,15H2,1-3H3,(H,26,30)/t20-/m1/s1. The molecule has 0 saturated carbocycles. The van der Waals surface area contributed by atoms with Gasteiger partial charge in [-0.25, -0.2) is 9.67 Å². The van der Waals surface area contributed by atoms with Crippen LogP contribution in [0.5, 0.6) is 0 Å². The van der Waals surface area contributed by atoms with Crippen LogP contribution in [0.3, 0.4) is 0 Å². The van der Waals surface area contributed by atoms with Gasteiger partial charge in [0.05, 0.1) is 11.7 Å². The molecule has 7 nitrogen and oxygen atoms in total. The first kappa shape index (κ1) is 20.8. The predicted octanol–water partition coefficient (Wildman–Crippen LogP) is 4.35. The van der Waals surface area contributed by atoms with Crippen LogP contribution in [0.2, 0.25) is 0 Å². The number of rotatable bonds is 8. The second-order valence-electron chi connectivity index (χ2n) is 8.08. The molecule has 0 saturated heterocycles. The fourth-order valence-corrected chi connectivity index (χ4v) is 3.65. The highest BCUT2D eigenvalue weighted by molar-refractivity contribution is 5.93. The minimum atomic E-state index is -0.336. The van der Waals surface area contributed by atoms with Gasteiger partial charge in [0.1, 0.15) is 5.76 Å². The summed E-state index contributed by atoms with van der Waals surface area (Å²) >= 11 is 0. The molecule has 3 heterocycles. The molecule has 160 valence electrons. The number of hydrogen-bond acceptors (Lipinski definition) is 5. The Morgan fingerprint density at radius 1 is 1.16 bits per heavy atom. The van der Waals surface area contributed by atoms with Crippen LogP contribution in [0.1, 0.15) is 54.3 Å². The van der Waals surface area contributed by atoms with Crippen LogP contribution in [-0.4, -0.2) is 25.8 Å². The third kappa shape index (κ3) is 4.66. The lowest BCUT2D eigenvalue weighted by atomic mass is 10.0. The van der Waals surface area contributed by atoms with Gasteiger partial charge in [-0.15, -0.1) is 0 Å². The summed E-state index contributed by atoms with van der Waals surface area (Å²) in [5, 5.41) is 12.9. The number of aromatic nitrogens is 4. The van der Waals surface area contributed by atoms with E-state index in [1.807, 2.05) is 41.9 Å². The first-order chi connectivity index (χ1) is 15.0. The summed E-state index contributed by atoms with van der Waals surface area (Å²) in [4.78, 5) is 17.5. The van der Waals surface area contributed by atoms with Gasteiger partial charge in [0.2, 0.25) is 0 Å². The summed E-state index contributed by atoms with van der Waals surface area (Å²) in [6, 6.07) is 15.3. The van der Waals surface area contributed by atoms with Crippen molar-refractivity contribution in [1.29, 1.82) is 0 Å². The molecule has 1 atom stereocenters. The van der Waals surface area contributed by atoms with E-state index in [-0.39, 0.29) is 17.6 Å². The predicted molar refractivity (Wildman–Crippen MR) is 119 cm³/mol. The van der Waals surface area contributed by atoms with Crippen molar-refractivity contribution in [2.75, 3.05) is 0 Å². The zero-order valence-corrected chi connectivity index (χ0v) is 18.1. The first-order valence-electron chi connectivity index (χ1n) is 10.7. The van der Waals surface area contributed by atoms with Crippen molar-refractivity contribution in [2.24, 2.45) is 5.92 Å². The normalized spacial score (nSPS) is 12.4. The fraction of sp³-hybridized carbons (Fsp3) is 0.333. The summed E-state index contributed by atoms with van der Waals surface area (Å²) in [6.45, 7) is 7.01. The average molecular weight is 418 g/mol. The van der Waals surface area contributed by atoms with Crippen LogP contribution in [0.4, 0.5) is 0 Å². The van der Waals surface area contributed by atoms with Crippen LogP contribution >= 0.6 is 0 Å². The maximum absolute atomic E-state index is 13.0. The minimum Gasteiger partial charge on any atom is -0.361 e. The van der Waals surface area contributed by atoms with E-state index in [1.165, 1.54) is 0 Å². The molecule has 31 heavy (non-hydrogen) atoms. The second kappa shape index (κ2) is 9.12. The van der Waals surface area contributed by atoms with E-state index in [1.54, 1.807) is 12.3 Å². The van der Waals surface area contributed by atoms with Gasteiger partial charge in [0.25, 0.3) is 5.91 Å². The van der Waals surface area contributed by atoms with Crippen LogP contribution in [0.15, 0.2) is 59.3 Å². The Balaban J connectivity index is 1.72. The van der Waals surface area contributed by atoms with Gasteiger partial charge >= 0.3 is 0 Å². The number of benzene rings is 1. The van der Waals surface area contributed by atoms with E-state index in [0.717, 1.165) is 28.8 Å². The van der Waals surface area contributed by atoms with Crippen LogP contribution in [0.25, 0.3) is 11.0 Å². The number of amides is 1. The van der Waals surface area contributed by atoms with Crippen molar-refractivity contribution in [1.82, 2.24) is 25.2 Å². The lowest BCUT2D eigenvalue weighted by molar-refractivity contribution is 0.0926. The molecule has 1 N–H and O–H groups in total. The number of carbonyl (C=O) groups is 1. The topological polar surface area (TPSA) is 85.8 Å². The van der Waals surface area contributed by atoms with E-state index < -0.39 is 0 Å². The number of nitrogens with one attached hydrogen (secondary N) is 1. The molecule has 4 rings (SSSR count). The molecule has 0 bridgehead atoms. The largest absolute Gasteiger partial charge is 0.361 e. The third-order valence-corrected chi connectivity index (χ3v) is 5.13. The molecule has 0 aliphatic heterocycles. The van der Waals surface area contributed by atoms with E-state index >= 15 is 0 Å². The Kier molecular flexibility index (Phi) is 6.11. The number of carbonyl (C=O) groups excluding carboxylic acids is 1. The molecule has 3 aromatic heterocycles. The zero-order valence-electron chi connectivity index (χ0n) is 18.1. The Bertz CT molecular complexity index is 1160. The highest BCUT2D eigenvalue weighted by Gasteiger charge is 2.25. The second-order valence-corrected chi connectivity index (χ2v) is 8.08. The number of hydrogen-bond donors (Lipinski definition) is 1. The van der Waals surface area contributed by atoms with Crippen LogP contribution in [0, 0.1) is 5.92 Å². The Labute approximate surface area is 181 Å². The van der Waals surface area contributed by atoms with Gasteiger partial charge in [0, 0.05) is 30.6 Å². The number of pyridine rings is 1. The van der Waals surface area contributed by atoms with Gasteiger partial charge in [-0.05, 0) is 30.0 Å². The molecule has 0 aliphatic rings. The zero-order chi connectivity index (χ0) is 21.8. The number of aryl methyl sites for hydroxylation is 1. The van der Waals surface area contributed by atoms with Gasteiger partial charge in [-0.2, -0.15) is 5.10 Å². The Morgan fingerprint density at radius 3 is 2.68 bits per heavy atom. The lowest BCUT2D eigenvalue weighted by Gasteiger charge is -2.17. The lowest BCUT2D eigenvalue weighted by Crippen LogP contribution is -2.30. The SMILES string of the molecule is CCc1cc(C(=O)N[C@H](Cc2ccccc2)c2nn(CC(C)C)c3ncccc23)no1. The molecule has 7 heteroatoms. The maximum atomic E-state index is 13.0. The monoisotopic (exact) mass is 417 g/mol. The fourth-order valence-electron chi connectivity index (χ4n) is 3.65. The Morgan fingerprint density at radius 2 is 1.97 bits per heavy atom. The van der Waals surface area contributed by atoms with Crippen molar-refractivity contribution >= 4 is 16.9 Å². The maximum Gasteiger partial charge on any atom is 0.274 e. The molecule has 0 fully saturated rings. The molecule has 0 unspecified atom stereocenters.